The number of nitrogens with one attached hydrogen (secondary N) is 2. The minimum absolute atomic E-state index is 0.0194. The van der Waals surface area contributed by atoms with E-state index >= 15 is 0 Å². The molecule has 4 rings (SSSR count). The van der Waals surface area contributed by atoms with Crippen molar-refractivity contribution in [2.24, 2.45) is 0 Å². The van der Waals surface area contributed by atoms with Crippen LogP contribution in [0.2, 0.25) is 0 Å². The zero-order chi connectivity index (χ0) is 30.8. The third kappa shape index (κ3) is 9.81. The average Bonchev–Trinajstić information content (AvgIpc) is 3.29. The smallest absolute Gasteiger partial charge is 0.407 e. The normalized spacial score (nSPS) is 13.0. The maximum atomic E-state index is 12.9. The summed E-state index contributed by atoms with van der Waals surface area (Å²) in [5, 5.41) is 5.69. The Morgan fingerprint density at radius 1 is 0.860 bits per heavy atom. The highest BCUT2D eigenvalue weighted by Gasteiger charge is 2.31. The predicted octanol–water partition coefficient (Wildman–Crippen LogP) is 7.15. The Bertz CT molecular complexity index is 1350. The molecule has 1 aliphatic carbocycles. The number of hydrogen-bond acceptors (Lipinski definition) is 5. The maximum Gasteiger partial charge on any atom is 0.407 e. The van der Waals surface area contributed by atoms with Crippen molar-refractivity contribution in [1.82, 2.24) is 10.6 Å². The van der Waals surface area contributed by atoms with Crippen LogP contribution in [0.5, 0.6) is 0 Å². The van der Waals surface area contributed by atoms with Gasteiger partial charge < -0.3 is 20.1 Å². The van der Waals surface area contributed by atoms with Gasteiger partial charge in [0.05, 0.1) is 0 Å². The predicted molar refractivity (Wildman–Crippen MR) is 177 cm³/mol. The van der Waals surface area contributed by atoms with Crippen LogP contribution in [0, 0.1) is 3.57 Å². The van der Waals surface area contributed by atoms with Crippen LogP contribution in [-0.4, -0.2) is 42.8 Å². The lowest BCUT2D eigenvalue weighted by atomic mass is 9.98. The van der Waals surface area contributed by atoms with Crippen molar-refractivity contribution in [2.45, 2.75) is 76.9 Å². The van der Waals surface area contributed by atoms with E-state index in [1.807, 2.05) is 24.3 Å². The molecule has 3 aromatic carbocycles. The monoisotopic (exact) mass is 696 g/mol. The number of carbonyl (C=O) groups is 3. The van der Waals surface area contributed by atoms with Gasteiger partial charge in [-0.2, -0.15) is 0 Å². The molecule has 0 unspecified atom stereocenters. The third-order valence-corrected chi connectivity index (χ3v) is 8.07. The second-order valence-electron chi connectivity index (χ2n) is 11.9. The number of carbonyl (C=O) groups excluding carboxylic acids is 3. The summed E-state index contributed by atoms with van der Waals surface area (Å²) in [5.74, 6) is -0.551. The number of esters is 1. The fraction of sp³-hybridized carbons (Fsp3) is 0.400. The molecule has 0 fully saturated rings. The molecule has 2 amide bonds. The summed E-state index contributed by atoms with van der Waals surface area (Å²) in [6.07, 6.45) is 3.14. The number of ether oxygens (including phenoxy) is 2. The third-order valence-electron chi connectivity index (χ3n) is 7.35. The van der Waals surface area contributed by atoms with Crippen molar-refractivity contribution in [1.29, 1.82) is 0 Å². The first-order chi connectivity index (χ1) is 20.6. The zero-order valence-electron chi connectivity index (χ0n) is 25.2. The Morgan fingerprint density at radius 2 is 1.49 bits per heavy atom. The number of fused-ring (bicyclic) bond motifs is 3. The number of alkyl carbamates (subject to hydrolysis) is 1. The summed E-state index contributed by atoms with van der Waals surface area (Å²) in [4.78, 5) is 38.1. The number of amides is 2. The molecule has 0 heterocycles. The molecule has 3 aromatic rings. The van der Waals surface area contributed by atoms with E-state index in [2.05, 4.69) is 81.8 Å². The summed E-state index contributed by atoms with van der Waals surface area (Å²) < 4.78 is 12.4. The Balaban J connectivity index is 1.23. The lowest BCUT2D eigenvalue weighted by molar-refractivity contribution is -0.157. The SMILES string of the molecule is CC(C)(C)OC(=O)[C@H](CCCCNC(=O)CCCc1ccc(I)cc1)NC(=O)OCC1c2ccccc2-c2ccccc21. The summed E-state index contributed by atoms with van der Waals surface area (Å²) in [6.45, 7) is 6.06. The molecule has 2 N–H and O–H groups in total. The minimum atomic E-state index is -0.848. The Labute approximate surface area is 268 Å². The van der Waals surface area contributed by atoms with E-state index in [9.17, 15) is 14.4 Å². The Hall–Kier alpha value is -3.40. The number of rotatable bonds is 13. The van der Waals surface area contributed by atoms with Crippen molar-refractivity contribution in [3.05, 3.63) is 93.1 Å². The Kier molecular flexibility index (Phi) is 11.6. The Morgan fingerprint density at radius 3 is 2.12 bits per heavy atom. The largest absolute Gasteiger partial charge is 0.458 e. The van der Waals surface area contributed by atoms with E-state index in [0.717, 1.165) is 35.1 Å². The molecule has 0 aromatic heterocycles. The van der Waals surface area contributed by atoms with Crippen LogP contribution in [-0.2, 0) is 25.5 Å². The molecule has 0 saturated carbocycles. The van der Waals surface area contributed by atoms with Gasteiger partial charge in [0.2, 0.25) is 5.91 Å². The summed E-state index contributed by atoms with van der Waals surface area (Å²) >= 11 is 2.28. The molecule has 1 aliphatic rings. The van der Waals surface area contributed by atoms with Gasteiger partial charge in [-0.1, -0.05) is 60.7 Å². The van der Waals surface area contributed by atoms with Gasteiger partial charge in [-0.05, 0) is 115 Å². The van der Waals surface area contributed by atoms with Crippen LogP contribution in [0.3, 0.4) is 0 Å². The van der Waals surface area contributed by atoms with Crippen LogP contribution in [0.15, 0.2) is 72.8 Å². The molecule has 8 heteroatoms. The first-order valence-electron chi connectivity index (χ1n) is 15.0. The molecule has 0 aliphatic heterocycles. The second-order valence-corrected chi connectivity index (χ2v) is 13.1. The van der Waals surface area contributed by atoms with E-state index < -0.39 is 23.7 Å². The summed E-state index contributed by atoms with van der Waals surface area (Å²) in [7, 11) is 0. The average molecular weight is 697 g/mol. The second kappa shape index (κ2) is 15.4. The molecule has 0 bridgehead atoms. The van der Waals surface area contributed by atoms with Crippen LogP contribution >= 0.6 is 22.6 Å². The molecule has 0 radical (unpaired) electrons. The molecule has 7 nitrogen and oxygen atoms in total. The van der Waals surface area contributed by atoms with Crippen LogP contribution in [0.25, 0.3) is 11.1 Å². The highest BCUT2D eigenvalue weighted by Crippen LogP contribution is 2.44. The van der Waals surface area contributed by atoms with Crippen molar-refractivity contribution in [3.8, 4) is 11.1 Å². The van der Waals surface area contributed by atoms with Crippen molar-refractivity contribution >= 4 is 40.6 Å². The van der Waals surface area contributed by atoms with Gasteiger partial charge in [-0.25, -0.2) is 9.59 Å². The molecule has 43 heavy (non-hydrogen) atoms. The zero-order valence-corrected chi connectivity index (χ0v) is 27.3. The fourth-order valence-electron chi connectivity index (χ4n) is 5.30. The van der Waals surface area contributed by atoms with Crippen LogP contribution in [0.4, 0.5) is 4.79 Å². The number of benzene rings is 3. The highest BCUT2D eigenvalue weighted by molar-refractivity contribution is 14.1. The van der Waals surface area contributed by atoms with Crippen molar-refractivity contribution in [2.75, 3.05) is 13.2 Å². The number of unbranched alkanes of at least 4 members (excludes halogenated alkanes) is 1. The van der Waals surface area contributed by atoms with Gasteiger partial charge in [0.15, 0.2) is 0 Å². The summed E-state index contributed by atoms with van der Waals surface area (Å²) in [6, 6.07) is 23.8. The van der Waals surface area contributed by atoms with Crippen LogP contribution < -0.4 is 10.6 Å². The van der Waals surface area contributed by atoms with E-state index in [-0.39, 0.29) is 18.4 Å². The molecule has 0 spiro atoms. The first kappa shape index (κ1) is 32.5. The minimum Gasteiger partial charge on any atom is -0.458 e. The van der Waals surface area contributed by atoms with Gasteiger partial charge in [0.1, 0.15) is 18.2 Å². The lowest BCUT2D eigenvalue weighted by Gasteiger charge is -2.24. The molecular formula is C35H41IN2O5. The van der Waals surface area contributed by atoms with Crippen LogP contribution in [0.1, 0.15) is 75.5 Å². The first-order valence-corrected chi connectivity index (χ1v) is 16.0. The molecule has 1 atom stereocenters. The molecular weight excluding hydrogens is 655 g/mol. The quantitative estimate of drug-likeness (QED) is 0.113. The van der Waals surface area contributed by atoms with Gasteiger partial charge in [-0.15, -0.1) is 0 Å². The van der Waals surface area contributed by atoms with Gasteiger partial charge >= 0.3 is 12.1 Å². The topological polar surface area (TPSA) is 93.7 Å². The summed E-state index contributed by atoms with van der Waals surface area (Å²) in [5.41, 5.74) is 5.08. The van der Waals surface area contributed by atoms with E-state index in [1.54, 1.807) is 20.8 Å². The van der Waals surface area contributed by atoms with Gasteiger partial charge in [0, 0.05) is 22.5 Å². The van der Waals surface area contributed by atoms with Crippen molar-refractivity contribution < 1.29 is 23.9 Å². The number of aryl methyl sites for hydroxylation is 1. The lowest BCUT2D eigenvalue weighted by Crippen LogP contribution is -2.44. The molecule has 0 saturated heterocycles. The van der Waals surface area contributed by atoms with Crippen molar-refractivity contribution in [3.63, 3.8) is 0 Å². The highest BCUT2D eigenvalue weighted by atomic mass is 127. The fourth-order valence-corrected chi connectivity index (χ4v) is 5.66. The standard InChI is InChI=1S/C35H41IN2O5/c1-35(2,3)43-33(40)31(16-8-9-22-37-32(39)17-10-11-24-18-20-25(36)21-19-24)38-34(41)42-23-30-28-14-6-4-12-26(28)27-13-5-7-15-29(27)30/h4-7,12-15,18-21,30-31H,8-11,16-17,22-23H2,1-3H3,(H,37,39)(H,38,41)/t31-/m0/s1. The van der Waals surface area contributed by atoms with E-state index in [0.29, 0.717) is 32.2 Å². The van der Waals surface area contributed by atoms with E-state index in [4.69, 9.17) is 9.47 Å². The van der Waals surface area contributed by atoms with Gasteiger partial charge in [-0.3, -0.25) is 4.79 Å². The van der Waals surface area contributed by atoms with Gasteiger partial charge in [0.25, 0.3) is 0 Å². The maximum absolute atomic E-state index is 12.9. The number of hydrogen-bond donors (Lipinski definition) is 2. The number of halogens is 1. The molecule has 228 valence electrons. The van der Waals surface area contributed by atoms with E-state index in [1.165, 1.54) is 9.13 Å².